The van der Waals surface area contributed by atoms with Crippen LogP contribution in [0.15, 0.2) is 183 Å². The molecule has 1 aliphatic heterocycles. The Labute approximate surface area is 252 Å². The molecule has 0 N–H and O–H groups in total. The number of nitrogens with zero attached hydrogens (tertiary/aromatic N) is 3. The van der Waals surface area contributed by atoms with Crippen molar-refractivity contribution < 1.29 is 0 Å². The van der Waals surface area contributed by atoms with Crippen LogP contribution in [0.1, 0.15) is 0 Å². The molecule has 7 aromatic rings. The first-order chi connectivity index (χ1) is 21.3. The van der Waals surface area contributed by atoms with E-state index in [1.807, 2.05) is 36.4 Å². The van der Waals surface area contributed by atoms with Gasteiger partial charge in [0.2, 0.25) is 0 Å². The fraction of sp³-hybridized carbons (Fsp3) is 0. The summed E-state index contributed by atoms with van der Waals surface area (Å²) in [4.78, 5) is 20.5. The molecule has 0 spiro atoms. The third kappa shape index (κ3) is 4.10. The molecule has 43 heavy (non-hydrogen) atoms. The van der Waals surface area contributed by atoms with Gasteiger partial charge in [0.25, 0.3) is 0 Å². The minimum atomic E-state index is -1.87. The zero-order valence-electron chi connectivity index (χ0n) is 23.3. The van der Waals surface area contributed by atoms with Gasteiger partial charge in [-0.15, -0.1) is 10.0 Å². The third-order valence-electron chi connectivity index (χ3n) is 7.96. The highest BCUT2D eigenvalue weighted by atomic mass is 32.3. The largest absolute Gasteiger partial charge is 0.208 e. The van der Waals surface area contributed by atoms with Crippen LogP contribution < -0.4 is 0 Å². The van der Waals surface area contributed by atoms with Gasteiger partial charge in [-0.25, -0.2) is 15.0 Å². The average molecular weight is 570 g/mol. The number of benzene rings is 6. The van der Waals surface area contributed by atoms with Gasteiger partial charge in [0, 0.05) is 36.3 Å². The van der Waals surface area contributed by atoms with Crippen molar-refractivity contribution in [3.63, 3.8) is 0 Å². The van der Waals surface area contributed by atoms with E-state index in [0.717, 1.165) is 16.7 Å². The van der Waals surface area contributed by atoms with Gasteiger partial charge in [-0.2, -0.15) is 0 Å². The topological polar surface area (TPSA) is 38.7 Å². The zero-order valence-corrected chi connectivity index (χ0v) is 24.2. The van der Waals surface area contributed by atoms with Gasteiger partial charge in [-0.3, -0.25) is 0 Å². The lowest BCUT2D eigenvalue weighted by molar-refractivity contribution is 1.07. The predicted molar refractivity (Wildman–Crippen MR) is 175 cm³/mol. The molecule has 0 saturated heterocycles. The van der Waals surface area contributed by atoms with E-state index in [1.54, 1.807) is 0 Å². The second-order valence-corrected chi connectivity index (χ2v) is 13.5. The summed E-state index contributed by atoms with van der Waals surface area (Å²) in [6.45, 7) is 0. The summed E-state index contributed by atoms with van der Waals surface area (Å²) >= 11 is 0. The summed E-state index contributed by atoms with van der Waals surface area (Å²) < 4.78 is 0. The molecule has 0 unspecified atom stereocenters. The quantitative estimate of drug-likeness (QED) is 0.207. The maximum Gasteiger partial charge on any atom is 0.165 e. The monoisotopic (exact) mass is 569 g/mol. The molecule has 1 aliphatic rings. The average Bonchev–Trinajstić information content (AvgIpc) is 3.41. The van der Waals surface area contributed by atoms with Crippen LogP contribution in [-0.2, 0) is 0 Å². The molecule has 0 aliphatic carbocycles. The van der Waals surface area contributed by atoms with Crippen molar-refractivity contribution in [2.45, 2.75) is 19.6 Å². The minimum absolute atomic E-state index is 0.664. The van der Waals surface area contributed by atoms with E-state index in [9.17, 15) is 0 Å². The van der Waals surface area contributed by atoms with Gasteiger partial charge < -0.3 is 0 Å². The van der Waals surface area contributed by atoms with Crippen molar-refractivity contribution in [3.05, 3.63) is 164 Å². The molecular formula is C39H27N3S. The Balaban J connectivity index is 1.49. The zero-order chi connectivity index (χ0) is 28.6. The Hall–Kier alpha value is -5.32. The SMILES string of the molecule is c1ccc(-c2nc(-c3ccccc3)nc(-c3cccc4c3S(c3ccccc3)(c3ccccc3)c3ccccc3-4)n2)cc1. The third-order valence-corrected chi connectivity index (χ3v) is 12.0. The highest BCUT2D eigenvalue weighted by Gasteiger charge is 2.44. The number of aromatic nitrogens is 3. The van der Waals surface area contributed by atoms with Gasteiger partial charge in [0.05, 0.1) is 0 Å². The van der Waals surface area contributed by atoms with E-state index in [4.69, 9.17) is 15.0 Å². The summed E-state index contributed by atoms with van der Waals surface area (Å²) in [6, 6.07) is 57.8. The maximum atomic E-state index is 5.18. The predicted octanol–water partition coefficient (Wildman–Crippen LogP) is 10.2. The van der Waals surface area contributed by atoms with Crippen LogP contribution in [0.5, 0.6) is 0 Å². The van der Waals surface area contributed by atoms with Crippen LogP contribution in [0.25, 0.3) is 45.3 Å². The Morgan fingerprint density at radius 2 is 0.744 bits per heavy atom. The standard InChI is InChI=1S/C39H27N3S/c1-5-16-28(17-6-1)37-40-38(29-18-7-2-8-19-29)42-39(41-37)34-26-15-25-33-32-24-13-14-27-35(32)43(36(33)34,30-20-9-3-10-21-30)31-22-11-4-12-23-31/h1-27H. The highest BCUT2D eigenvalue weighted by molar-refractivity contribution is 8.34. The molecule has 0 amide bonds. The Morgan fingerprint density at radius 3 is 1.30 bits per heavy atom. The van der Waals surface area contributed by atoms with Crippen LogP contribution >= 0.6 is 10.0 Å². The van der Waals surface area contributed by atoms with Crippen LogP contribution in [0.3, 0.4) is 0 Å². The minimum Gasteiger partial charge on any atom is -0.208 e. The number of hydrogen-bond acceptors (Lipinski definition) is 3. The molecule has 6 aromatic carbocycles. The number of hydrogen-bond donors (Lipinski definition) is 0. The van der Waals surface area contributed by atoms with E-state index in [2.05, 4.69) is 127 Å². The van der Waals surface area contributed by atoms with Gasteiger partial charge in [-0.05, 0) is 41.5 Å². The molecular weight excluding hydrogens is 543 g/mol. The van der Waals surface area contributed by atoms with E-state index in [1.165, 1.54) is 30.7 Å². The molecule has 0 saturated carbocycles. The molecule has 8 rings (SSSR count). The summed E-state index contributed by atoms with van der Waals surface area (Å²) in [5.41, 5.74) is 5.46. The maximum absolute atomic E-state index is 5.18. The summed E-state index contributed by atoms with van der Waals surface area (Å²) in [5, 5.41) is 0. The van der Waals surface area contributed by atoms with Crippen molar-refractivity contribution >= 4 is 10.0 Å². The van der Waals surface area contributed by atoms with Crippen LogP contribution in [-0.4, -0.2) is 15.0 Å². The molecule has 3 nitrogen and oxygen atoms in total. The fourth-order valence-corrected chi connectivity index (χ4v) is 10.5. The van der Waals surface area contributed by atoms with E-state index >= 15 is 0 Å². The van der Waals surface area contributed by atoms with Crippen molar-refractivity contribution in [3.8, 4) is 45.3 Å². The molecule has 204 valence electrons. The Morgan fingerprint density at radius 1 is 0.326 bits per heavy atom. The molecule has 4 heteroatoms. The molecule has 0 bridgehead atoms. The summed E-state index contributed by atoms with van der Waals surface area (Å²) in [7, 11) is -1.87. The van der Waals surface area contributed by atoms with Crippen LogP contribution in [0, 0.1) is 0 Å². The lowest BCUT2D eigenvalue weighted by atomic mass is 10.0. The highest BCUT2D eigenvalue weighted by Crippen LogP contribution is 2.81. The first-order valence-corrected chi connectivity index (χ1v) is 16.0. The van der Waals surface area contributed by atoms with Crippen molar-refractivity contribution in [2.75, 3.05) is 0 Å². The Kier molecular flexibility index (Phi) is 6.20. The van der Waals surface area contributed by atoms with Crippen molar-refractivity contribution in [2.24, 2.45) is 0 Å². The smallest absolute Gasteiger partial charge is 0.165 e. The molecule has 0 radical (unpaired) electrons. The first kappa shape index (κ1) is 25.4. The summed E-state index contributed by atoms with van der Waals surface area (Å²) in [6.07, 6.45) is 0. The lowest BCUT2D eigenvalue weighted by Crippen LogP contribution is -2.06. The van der Waals surface area contributed by atoms with Gasteiger partial charge in [-0.1, -0.05) is 133 Å². The fourth-order valence-electron chi connectivity index (χ4n) is 6.13. The van der Waals surface area contributed by atoms with Gasteiger partial charge >= 0.3 is 0 Å². The lowest BCUT2D eigenvalue weighted by Gasteiger charge is -2.40. The van der Waals surface area contributed by atoms with Crippen molar-refractivity contribution in [1.82, 2.24) is 15.0 Å². The molecule has 0 fully saturated rings. The van der Waals surface area contributed by atoms with Gasteiger partial charge in [0.15, 0.2) is 17.5 Å². The van der Waals surface area contributed by atoms with Crippen LogP contribution in [0.4, 0.5) is 0 Å². The second kappa shape index (κ2) is 10.5. The normalized spacial score (nSPS) is 13.6. The van der Waals surface area contributed by atoms with Crippen LogP contribution in [0.2, 0.25) is 0 Å². The van der Waals surface area contributed by atoms with E-state index in [-0.39, 0.29) is 0 Å². The summed E-state index contributed by atoms with van der Waals surface area (Å²) in [5.74, 6) is 2.01. The molecule has 1 aromatic heterocycles. The van der Waals surface area contributed by atoms with Crippen molar-refractivity contribution in [1.29, 1.82) is 0 Å². The van der Waals surface area contributed by atoms with E-state index in [0.29, 0.717) is 17.5 Å². The second-order valence-electron chi connectivity index (χ2n) is 10.5. The Bertz CT molecular complexity index is 1960. The number of rotatable bonds is 5. The molecule has 0 atom stereocenters. The van der Waals surface area contributed by atoms with Gasteiger partial charge in [0.1, 0.15) is 0 Å². The molecule has 2 heterocycles. The first-order valence-electron chi connectivity index (χ1n) is 14.4. The van der Waals surface area contributed by atoms with E-state index < -0.39 is 10.0 Å². The number of fused-ring (bicyclic) bond motifs is 3.